The van der Waals surface area contributed by atoms with Crippen LogP contribution in [0, 0.1) is 0 Å². The van der Waals surface area contributed by atoms with E-state index in [0.717, 1.165) is 18.4 Å². The Hall–Kier alpha value is -3.45. The van der Waals surface area contributed by atoms with Crippen LogP contribution in [0.5, 0.6) is 0 Å². The van der Waals surface area contributed by atoms with Crippen molar-refractivity contribution in [1.29, 1.82) is 0 Å². The first kappa shape index (κ1) is 22.2. The highest BCUT2D eigenvalue weighted by atomic mass is 32.1. The van der Waals surface area contributed by atoms with Crippen molar-refractivity contribution in [3.8, 4) is 0 Å². The Bertz CT molecular complexity index is 1050. The van der Waals surface area contributed by atoms with Crippen LogP contribution in [0.2, 0.25) is 0 Å². The van der Waals surface area contributed by atoms with Gasteiger partial charge in [-0.25, -0.2) is 0 Å². The highest BCUT2D eigenvalue weighted by molar-refractivity contribution is 7.09. The summed E-state index contributed by atoms with van der Waals surface area (Å²) in [5, 5.41) is 10.3. The summed E-state index contributed by atoms with van der Waals surface area (Å²) >= 11 is 1.69. The Morgan fingerprint density at radius 2 is 1.68 bits per heavy atom. The molecule has 160 valence electrons. The van der Waals surface area contributed by atoms with Gasteiger partial charge in [0.25, 0.3) is 11.8 Å². The van der Waals surface area contributed by atoms with Crippen molar-refractivity contribution in [3.63, 3.8) is 0 Å². The maximum absolute atomic E-state index is 12.5. The summed E-state index contributed by atoms with van der Waals surface area (Å²) in [6.45, 7) is 0.295. The van der Waals surface area contributed by atoms with Gasteiger partial charge in [0.1, 0.15) is 0 Å². The number of carbonyl (C=O) groups excluding carboxylic acids is 3. The molecule has 7 heteroatoms. The Morgan fingerprint density at radius 3 is 2.42 bits per heavy atom. The normalized spacial score (nSPS) is 10.4. The minimum Gasteiger partial charge on any atom is -0.355 e. The summed E-state index contributed by atoms with van der Waals surface area (Å²) in [5.74, 6) is -0.494. The Balaban J connectivity index is 1.51. The number of hydrogen-bond donors (Lipinski definition) is 3. The number of thiophene rings is 1. The summed E-state index contributed by atoms with van der Waals surface area (Å²) in [6, 6.07) is 18.0. The molecule has 0 radical (unpaired) electrons. The summed E-state index contributed by atoms with van der Waals surface area (Å²) in [4.78, 5) is 37.8. The van der Waals surface area contributed by atoms with E-state index in [9.17, 15) is 14.4 Å². The fourth-order valence-corrected chi connectivity index (χ4v) is 3.84. The molecule has 1 heterocycles. The molecule has 3 amide bonds. The molecule has 0 saturated carbocycles. The molecule has 1 aromatic heterocycles. The number of nitrogens with one attached hydrogen (secondary N) is 3. The lowest BCUT2D eigenvalue weighted by atomic mass is 10.1. The van der Waals surface area contributed by atoms with E-state index in [4.69, 9.17) is 0 Å². The quantitative estimate of drug-likeness (QED) is 0.475. The monoisotopic (exact) mass is 435 g/mol. The van der Waals surface area contributed by atoms with Crippen LogP contribution in [0.1, 0.15) is 44.0 Å². The zero-order valence-corrected chi connectivity index (χ0v) is 18.1. The van der Waals surface area contributed by atoms with Gasteiger partial charge >= 0.3 is 0 Å². The summed E-state index contributed by atoms with van der Waals surface area (Å²) in [6.07, 6.45) is 2.09. The van der Waals surface area contributed by atoms with Crippen LogP contribution in [0.25, 0.3) is 0 Å². The Morgan fingerprint density at radius 1 is 0.903 bits per heavy atom. The minimum absolute atomic E-state index is 0.0693. The van der Waals surface area contributed by atoms with Gasteiger partial charge in [0.15, 0.2) is 0 Å². The zero-order valence-electron chi connectivity index (χ0n) is 17.3. The van der Waals surface area contributed by atoms with Gasteiger partial charge in [0, 0.05) is 41.7 Å². The van der Waals surface area contributed by atoms with E-state index in [1.165, 1.54) is 4.88 Å². The molecule has 0 spiro atoms. The van der Waals surface area contributed by atoms with Crippen molar-refractivity contribution in [2.45, 2.75) is 25.8 Å². The SMILES string of the molecule is CNC(=O)c1cccc(CNC(=O)c2cccc(NC(=O)CCCc3cccs3)c2)c1. The highest BCUT2D eigenvalue weighted by Crippen LogP contribution is 2.14. The van der Waals surface area contributed by atoms with Crippen LogP contribution in [0.4, 0.5) is 5.69 Å². The number of benzene rings is 2. The van der Waals surface area contributed by atoms with Crippen LogP contribution < -0.4 is 16.0 Å². The van der Waals surface area contributed by atoms with E-state index in [2.05, 4.69) is 22.0 Å². The predicted octanol–water partition coefficient (Wildman–Crippen LogP) is 4.00. The van der Waals surface area contributed by atoms with Crippen LogP contribution in [-0.2, 0) is 17.8 Å². The van der Waals surface area contributed by atoms with Gasteiger partial charge < -0.3 is 16.0 Å². The van der Waals surface area contributed by atoms with Crippen LogP contribution in [0.15, 0.2) is 66.0 Å². The minimum atomic E-state index is -0.251. The van der Waals surface area contributed by atoms with Gasteiger partial charge in [-0.2, -0.15) is 0 Å². The number of aryl methyl sites for hydroxylation is 1. The molecular formula is C24H25N3O3S. The molecule has 3 N–H and O–H groups in total. The highest BCUT2D eigenvalue weighted by Gasteiger charge is 2.09. The standard InChI is InChI=1S/C24H25N3O3S/c1-25-23(29)18-7-2-6-17(14-18)16-26-24(30)19-8-3-9-20(15-19)27-22(28)12-4-10-21-11-5-13-31-21/h2-3,5-9,11,13-15H,4,10,12,16H2,1H3,(H,25,29)(H,26,30)(H,27,28). The number of hydrogen-bond acceptors (Lipinski definition) is 4. The van der Waals surface area contributed by atoms with Gasteiger partial charge in [-0.05, 0) is 60.2 Å². The van der Waals surface area contributed by atoms with Crippen LogP contribution in [0.3, 0.4) is 0 Å². The predicted molar refractivity (Wildman–Crippen MR) is 123 cm³/mol. The van der Waals surface area contributed by atoms with Crippen molar-refractivity contribution in [2.24, 2.45) is 0 Å². The molecule has 3 aromatic rings. The van der Waals surface area contributed by atoms with Crippen molar-refractivity contribution in [3.05, 3.63) is 87.6 Å². The average Bonchev–Trinajstić information content (AvgIpc) is 3.31. The number of carbonyl (C=O) groups is 3. The third-order valence-electron chi connectivity index (χ3n) is 4.68. The third-order valence-corrected chi connectivity index (χ3v) is 5.62. The Labute approximate surface area is 185 Å². The molecule has 0 unspecified atom stereocenters. The second-order valence-electron chi connectivity index (χ2n) is 7.02. The molecule has 0 aliphatic heterocycles. The molecule has 31 heavy (non-hydrogen) atoms. The molecular weight excluding hydrogens is 410 g/mol. The largest absolute Gasteiger partial charge is 0.355 e. The maximum atomic E-state index is 12.5. The molecule has 6 nitrogen and oxygen atoms in total. The van der Waals surface area contributed by atoms with E-state index >= 15 is 0 Å². The third kappa shape index (κ3) is 6.79. The number of amides is 3. The number of anilines is 1. The van der Waals surface area contributed by atoms with Crippen molar-refractivity contribution >= 4 is 34.7 Å². The zero-order chi connectivity index (χ0) is 22.1. The van der Waals surface area contributed by atoms with E-state index < -0.39 is 0 Å². The van der Waals surface area contributed by atoms with Crippen molar-refractivity contribution in [1.82, 2.24) is 10.6 Å². The average molecular weight is 436 g/mol. The first-order valence-electron chi connectivity index (χ1n) is 10.1. The van der Waals surface area contributed by atoms with Crippen molar-refractivity contribution in [2.75, 3.05) is 12.4 Å². The molecule has 0 saturated heterocycles. The van der Waals surface area contributed by atoms with E-state index in [-0.39, 0.29) is 17.7 Å². The topological polar surface area (TPSA) is 87.3 Å². The second-order valence-corrected chi connectivity index (χ2v) is 8.06. The first-order chi connectivity index (χ1) is 15.0. The molecule has 0 aliphatic carbocycles. The van der Waals surface area contributed by atoms with Gasteiger partial charge in [0.05, 0.1) is 0 Å². The van der Waals surface area contributed by atoms with Gasteiger partial charge in [-0.1, -0.05) is 24.3 Å². The van der Waals surface area contributed by atoms with Gasteiger partial charge in [-0.3, -0.25) is 14.4 Å². The second kappa shape index (κ2) is 11.1. The summed E-state index contributed by atoms with van der Waals surface area (Å²) in [7, 11) is 1.58. The van der Waals surface area contributed by atoms with Crippen LogP contribution >= 0.6 is 11.3 Å². The fraction of sp³-hybridized carbons (Fsp3) is 0.208. The van der Waals surface area contributed by atoms with Gasteiger partial charge in [0.2, 0.25) is 5.91 Å². The lowest BCUT2D eigenvalue weighted by Gasteiger charge is -2.09. The van der Waals surface area contributed by atoms with E-state index in [0.29, 0.717) is 29.8 Å². The lowest BCUT2D eigenvalue weighted by molar-refractivity contribution is -0.116. The van der Waals surface area contributed by atoms with Crippen LogP contribution in [-0.4, -0.2) is 24.8 Å². The fourth-order valence-electron chi connectivity index (χ4n) is 3.09. The molecule has 0 bridgehead atoms. The molecule has 0 atom stereocenters. The van der Waals surface area contributed by atoms with Crippen molar-refractivity contribution < 1.29 is 14.4 Å². The molecule has 0 fully saturated rings. The Kier molecular flexibility index (Phi) is 7.95. The van der Waals surface area contributed by atoms with E-state index in [1.807, 2.05) is 17.5 Å². The molecule has 3 rings (SSSR count). The summed E-state index contributed by atoms with van der Waals surface area (Å²) in [5.41, 5.74) is 2.41. The van der Waals surface area contributed by atoms with Gasteiger partial charge in [-0.15, -0.1) is 11.3 Å². The van der Waals surface area contributed by atoms with E-state index in [1.54, 1.807) is 60.8 Å². The summed E-state index contributed by atoms with van der Waals surface area (Å²) < 4.78 is 0. The molecule has 2 aromatic carbocycles. The lowest BCUT2D eigenvalue weighted by Crippen LogP contribution is -2.23. The number of rotatable bonds is 9. The smallest absolute Gasteiger partial charge is 0.251 e. The maximum Gasteiger partial charge on any atom is 0.251 e. The first-order valence-corrected chi connectivity index (χ1v) is 10.9. The molecule has 0 aliphatic rings.